The molecule has 0 aliphatic carbocycles. The number of benzene rings is 1. The second-order valence-corrected chi connectivity index (χ2v) is 4.04. The van der Waals surface area contributed by atoms with Crippen LogP contribution < -0.4 is 10.9 Å². The molecule has 7 nitrogen and oxygen atoms in total. The van der Waals surface area contributed by atoms with Crippen molar-refractivity contribution in [3.05, 3.63) is 46.4 Å². The van der Waals surface area contributed by atoms with Crippen molar-refractivity contribution in [2.45, 2.75) is 6.92 Å². The first-order valence-electron chi connectivity index (χ1n) is 5.68. The number of nitrogens with zero attached hydrogens (tertiary/aromatic N) is 1. The fourth-order valence-electron chi connectivity index (χ4n) is 1.61. The monoisotopic (exact) mass is 273 g/mol. The van der Waals surface area contributed by atoms with Crippen molar-refractivity contribution in [3.8, 4) is 11.4 Å². The Labute approximate surface area is 113 Å². The minimum atomic E-state index is -1.33. The Balaban J connectivity index is 2.32. The van der Waals surface area contributed by atoms with Gasteiger partial charge < -0.3 is 15.4 Å². The van der Waals surface area contributed by atoms with Gasteiger partial charge in [-0.25, -0.2) is 9.78 Å². The molecule has 0 fully saturated rings. The number of aromatic carboxylic acids is 1. The van der Waals surface area contributed by atoms with Crippen molar-refractivity contribution in [2.24, 2.45) is 0 Å². The molecule has 0 atom stereocenters. The Morgan fingerprint density at radius 3 is 2.40 bits per heavy atom. The van der Waals surface area contributed by atoms with Gasteiger partial charge in [0.2, 0.25) is 5.91 Å². The maximum atomic E-state index is 11.5. The minimum Gasteiger partial charge on any atom is -0.477 e. The standard InChI is InChI=1S/C13H11N3O4/c1-7(17)15-9-4-2-8(3-5-9)11-14-6-10(13(19)20)12(18)16-11/h2-6H,1H3,(H,15,17)(H,19,20)(H,14,16,18). The molecule has 0 unspecified atom stereocenters. The van der Waals surface area contributed by atoms with Crippen LogP contribution in [0.2, 0.25) is 0 Å². The molecule has 3 N–H and O–H groups in total. The van der Waals surface area contributed by atoms with Crippen molar-refractivity contribution >= 4 is 17.6 Å². The molecule has 1 aromatic heterocycles. The molecule has 1 heterocycles. The predicted octanol–water partition coefficient (Wildman–Crippen LogP) is 1.09. The summed E-state index contributed by atoms with van der Waals surface area (Å²) in [6.07, 6.45) is 1.01. The molecule has 0 aliphatic rings. The van der Waals surface area contributed by atoms with E-state index in [1.165, 1.54) is 6.92 Å². The molecule has 0 bridgehead atoms. The summed E-state index contributed by atoms with van der Waals surface area (Å²) in [7, 11) is 0. The average molecular weight is 273 g/mol. The summed E-state index contributed by atoms with van der Waals surface area (Å²) in [5.41, 5.74) is 0.0935. The predicted molar refractivity (Wildman–Crippen MR) is 71.6 cm³/mol. The van der Waals surface area contributed by atoms with Gasteiger partial charge in [0.15, 0.2) is 0 Å². The quantitative estimate of drug-likeness (QED) is 0.775. The average Bonchev–Trinajstić information content (AvgIpc) is 2.38. The molecule has 0 saturated heterocycles. The maximum absolute atomic E-state index is 11.5. The molecule has 7 heteroatoms. The lowest BCUT2D eigenvalue weighted by Crippen LogP contribution is -2.18. The van der Waals surface area contributed by atoms with Gasteiger partial charge in [-0.1, -0.05) is 0 Å². The van der Waals surface area contributed by atoms with Gasteiger partial charge in [-0.2, -0.15) is 0 Å². The number of hydrogen-bond donors (Lipinski definition) is 3. The largest absolute Gasteiger partial charge is 0.477 e. The summed E-state index contributed by atoms with van der Waals surface area (Å²) in [6.45, 7) is 1.40. The van der Waals surface area contributed by atoms with Gasteiger partial charge in [-0.15, -0.1) is 0 Å². The second-order valence-electron chi connectivity index (χ2n) is 4.04. The van der Waals surface area contributed by atoms with Crippen LogP contribution >= 0.6 is 0 Å². The third-order valence-corrected chi connectivity index (χ3v) is 2.51. The third-order valence-electron chi connectivity index (χ3n) is 2.51. The van der Waals surface area contributed by atoms with Gasteiger partial charge in [0.1, 0.15) is 11.4 Å². The number of nitrogens with one attached hydrogen (secondary N) is 2. The molecule has 1 amide bonds. The number of carbonyl (C=O) groups excluding carboxylic acids is 1. The number of carboxylic acids is 1. The van der Waals surface area contributed by atoms with Crippen LogP contribution in [0.4, 0.5) is 5.69 Å². The van der Waals surface area contributed by atoms with E-state index >= 15 is 0 Å². The van der Waals surface area contributed by atoms with E-state index < -0.39 is 17.1 Å². The molecular weight excluding hydrogens is 262 g/mol. The number of aromatic nitrogens is 2. The number of aromatic amines is 1. The second kappa shape index (κ2) is 5.35. The first-order valence-corrected chi connectivity index (χ1v) is 5.68. The lowest BCUT2D eigenvalue weighted by Gasteiger charge is -2.04. The zero-order valence-corrected chi connectivity index (χ0v) is 10.5. The van der Waals surface area contributed by atoms with E-state index in [4.69, 9.17) is 5.11 Å². The minimum absolute atomic E-state index is 0.185. The molecule has 0 spiro atoms. The van der Waals surface area contributed by atoms with Crippen LogP contribution in [0.3, 0.4) is 0 Å². The van der Waals surface area contributed by atoms with Crippen molar-refractivity contribution in [1.29, 1.82) is 0 Å². The number of amides is 1. The van der Waals surface area contributed by atoms with Crippen LogP contribution in [0.25, 0.3) is 11.4 Å². The molecule has 0 aliphatic heterocycles. The Hall–Kier alpha value is -2.96. The fourth-order valence-corrected chi connectivity index (χ4v) is 1.61. The first-order chi connectivity index (χ1) is 9.47. The molecular formula is C13H11N3O4. The Morgan fingerprint density at radius 1 is 1.25 bits per heavy atom. The van der Waals surface area contributed by atoms with Crippen LogP contribution in [0.5, 0.6) is 0 Å². The summed E-state index contributed by atoms with van der Waals surface area (Å²) in [5.74, 6) is -1.25. The zero-order valence-electron chi connectivity index (χ0n) is 10.5. The van der Waals surface area contributed by atoms with Crippen LogP contribution in [0.1, 0.15) is 17.3 Å². The molecule has 2 rings (SSSR count). The van der Waals surface area contributed by atoms with E-state index in [0.29, 0.717) is 11.3 Å². The molecule has 2 aromatic rings. The summed E-state index contributed by atoms with van der Waals surface area (Å²) in [5, 5.41) is 11.4. The number of anilines is 1. The van der Waals surface area contributed by atoms with Gasteiger partial charge in [0.05, 0.1) is 0 Å². The zero-order chi connectivity index (χ0) is 14.7. The van der Waals surface area contributed by atoms with Crippen LogP contribution in [-0.2, 0) is 4.79 Å². The van der Waals surface area contributed by atoms with Crippen molar-refractivity contribution < 1.29 is 14.7 Å². The number of rotatable bonds is 3. The Kier molecular flexibility index (Phi) is 3.60. The van der Waals surface area contributed by atoms with Gasteiger partial charge in [0, 0.05) is 24.4 Å². The number of carbonyl (C=O) groups is 2. The fraction of sp³-hybridized carbons (Fsp3) is 0.0769. The molecule has 0 saturated carbocycles. The van der Waals surface area contributed by atoms with Crippen LogP contribution in [-0.4, -0.2) is 27.0 Å². The summed E-state index contributed by atoms with van der Waals surface area (Å²) in [4.78, 5) is 39.4. The normalized spacial score (nSPS) is 10.1. The SMILES string of the molecule is CC(=O)Nc1ccc(-c2ncc(C(=O)O)c(=O)[nH]2)cc1. The highest BCUT2D eigenvalue weighted by atomic mass is 16.4. The molecule has 1 aromatic carbocycles. The van der Waals surface area contributed by atoms with Gasteiger partial charge in [-0.3, -0.25) is 9.59 Å². The van der Waals surface area contributed by atoms with E-state index in [2.05, 4.69) is 15.3 Å². The van der Waals surface area contributed by atoms with E-state index in [9.17, 15) is 14.4 Å². The van der Waals surface area contributed by atoms with Gasteiger partial charge in [-0.05, 0) is 24.3 Å². The summed E-state index contributed by atoms with van der Waals surface area (Å²) >= 11 is 0. The Bertz CT molecular complexity index is 719. The highest BCUT2D eigenvalue weighted by molar-refractivity contribution is 5.89. The van der Waals surface area contributed by atoms with Crippen molar-refractivity contribution in [2.75, 3.05) is 5.32 Å². The lowest BCUT2D eigenvalue weighted by atomic mass is 10.2. The van der Waals surface area contributed by atoms with E-state index in [1.807, 2.05) is 0 Å². The number of hydrogen-bond acceptors (Lipinski definition) is 4. The highest BCUT2D eigenvalue weighted by Gasteiger charge is 2.10. The van der Waals surface area contributed by atoms with Gasteiger partial charge in [0.25, 0.3) is 5.56 Å². The number of carboxylic acid groups (broad SMARTS) is 1. The van der Waals surface area contributed by atoms with Crippen molar-refractivity contribution in [1.82, 2.24) is 9.97 Å². The first kappa shape index (κ1) is 13.5. The molecule has 20 heavy (non-hydrogen) atoms. The van der Waals surface area contributed by atoms with Crippen LogP contribution in [0.15, 0.2) is 35.3 Å². The summed E-state index contributed by atoms with van der Waals surface area (Å²) < 4.78 is 0. The third kappa shape index (κ3) is 2.89. The van der Waals surface area contributed by atoms with Crippen molar-refractivity contribution in [3.63, 3.8) is 0 Å². The van der Waals surface area contributed by atoms with Crippen LogP contribution in [0, 0.1) is 0 Å². The molecule has 102 valence electrons. The van der Waals surface area contributed by atoms with E-state index in [-0.39, 0.29) is 11.7 Å². The lowest BCUT2D eigenvalue weighted by molar-refractivity contribution is -0.114. The number of H-pyrrole nitrogens is 1. The smallest absolute Gasteiger partial charge is 0.342 e. The summed E-state index contributed by atoms with van der Waals surface area (Å²) in [6, 6.07) is 6.62. The van der Waals surface area contributed by atoms with E-state index in [1.54, 1.807) is 24.3 Å². The highest BCUT2D eigenvalue weighted by Crippen LogP contribution is 2.16. The van der Waals surface area contributed by atoms with E-state index in [0.717, 1.165) is 6.20 Å². The topological polar surface area (TPSA) is 112 Å². The maximum Gasteiger partial charge on any atom is 0.342 e. The Morgan fingerprint density at radius 2 is 1.90 bits per heavy atom. The molecule has 0 radical (unpaired) electrons. The van der Waals surface area contributed by atoms with Gasteiger partial charge >= 0.3 is 5.97 Å².